The Morgan fingerprint density at radius 2 is 2.10 bits per heavy atom. The van der Waals surface area contributed by atoms with Gasteiger partial charge in [-0.1, -0.05) is 19.8 Å². The average molecular weight is 136 g/mol. The van der Waals surface area contributed by atoms with Crippen LogP contribution in [0.15, 0.2) is 0 Å². The molecule has 2 unspecified atom stereocenters. The molecule has 0 bridgehead atoms. The van der Waals surface area contributed by atoms with Crippen LogP contribution in [0.5, 0.6) is 0 Å². The molecule has 1 rings (SSSR count). The van der Waals surface area contributed by atoms with Crippen LogP contribution in [0.2, 0.25) is 0 Å². The summed E-state index contributed by atoms with van der Waals surface area (Å²) in [4.78, 5) is 0. The van der Waals surface area contributed by atoms with Crippen LogP contribution in [0.1, 0.15) is 32.6 Å². The van der Waals surface area contributed by atoms with E-state index in [0.717, 1.165) is 6.42 Å². The number of hydrogen-bond donors (Lipinski definition) is 0. The first-order chi connectivity index (χ1) is 4.88. The van der Waals surface area contributed by atoms with Crippen molar-refractivity contribution in [3.05, 3.63) is 6.42 Å². The third kappa shape index (κ3) is 1.50. The number of nitrogens with zero attached hydrogens (tertiary/aromatic N) is 1. The van der Waals surface area contributed by atoms with Gasteiger partial charge in [-0.25, -0.2) is 0 Å². The SMILES string of the molecule is C[CH]C1CCCCC1C#N. The van der Waals surface area contributed by atoms with Gasteiger partial charge in [0.15, 0.2) is 0 Å². The van der Waals surface area contributed by atoms with Gasteiger partial charge in [0.05, 0.1) is 6.07 Å². The summed E-state index contributed by atoms with van der Waals surface area (Å²) in [5, 5.41) is 8.72. The van der Waals surface area contributed by atoms with Gasteiger partial charge in [0.25, 0.3) is 0 Å². The summed E-state index contributed by atoms with van der Waals surface area (Å²) in [7, 11) is 0. The molecule has 2 atom stereocenters. The van der Waals surface area contributed by atoms with Crippen LogP contribution in [0.25, 0.3) is 0 Å². The van der Waals surface area contributed by atoms with Gasteiger partial charge in [-0.3, -0.25) is 0 Å². The van der Waals surface area contributed by atoms with Crippen molar-refractivity contribution in [2.24, 2.45) is 11.8 Å². The van der Waals surface area contributed by atoms with E-state index in [0.29, 0.717) is 11.8 Å². The molecule has 0 N–H and O–H groups in total. The van der Waals surface area contributed by atoms with Crippen molar-refractivity contribution in [2.45, 2.75) is 32.6 Å². The second-order valence-corrected chi connectivity index (χ2v) is 3.02. The first-order valence-corrected chi connectivity index (χ1v) is 4.07. The molecule has 0 amide bonds. The first-order valence-electron chi connectivity index (χ1n) is 4.07. The molecule has 55 valence electrons. The molecule has 1 radical (unpaired) electrons. The smallest absolute Gasteiger partial charge is 0.0658 e. The third-order valence-electron chi connectivity index (χ3n) is 2.41. The monoisotopic (exact) mass is 136 g/mol. The van der Waals surface area contributed by atoms with Crippen LogP contribution in [-0.2, 0) is 0 Å². The Morgan fingerprint density at radius 1 is 1.40 bits per heavy atom. The maximum Gasteiger partial charge on any atom is 0.0658 e. The van der Waals surface area contributed by atoms with E-state index in [1.54, 1.807) is 0 Å². The van der Waals surface area contributed by atoms with Gasteiger partial charge in [-0.2, -0.15) is 5.26 Å². The van der Waals surface area contributed by atoms with E-state index >= 15 is 0 Å². The van der Waals surface area contributed by atoms with Gasteiger partial charge in [0.1, 0.15) is 0 Å². The second kappa shape index (κ2) is 3.61. The molecular formula is C9H14N. The molecule has 0 aromatic carbocycles. The van der Waals surface area contributed by atoms with Crippen molar-refractivity contribution in [1.82, 2.24) is 0 Å². The minimum absolute atomic E-state index is 0.318. The van der Waals surface area contributed by atoms with Crippen molar-refractivity contribution in [1.29, 1.82) is 5.26 Å². The molecule has 1 saturated carbocycles. The summed E-state index contributed by atoms with van der Waals surface area (Å²) < 4.78 is 0. The lowest BCUT2D eigenvalue weighted by Crippen LogP contribution is -2.17. The Bertz CT molecular complexity index is 134. The van der Waals surface area contributed by atoms with Crippen LogP contribution in [0, 0.1) is 29.6 Å². The van der Waals surface area contributed by atoms with Crippen LogP contribution in [0.3, 0.4) is 0 Å². The lowest BCUT2D eigenvalue weighted by Gasteiger charge is -2.24. The summed E-state index contributed by atoms with van der Waals surface area (Å²) in [6.45, 7) is 2.07. The van der Waals surface area contributed by atoms with E-state index in [2.05, 4.69) is 19.4 Å². The third-order valence-corrected chi connectivity index (χ3v) is 2.41. The minimum Gasteiger partial charge on any atom is -0.198 e. The van der Waals surface area contributed by atoms with Crippen molar-refractivity contribution >= 4 is 0 Å². The number of nitriles is 1. The zero-order valence-electron chi connectivity index (χ0n) is 6.51. The van der Waals surface area contributed by atoms with Crippen molar-refractivity contribution in [2.75, 3.05) is 0 Å². The predicted molar refractivity (Wildman–Crippen MR) is 41.0 cm³/mol. The maximum absolute atomic E-state index is 8.72. The number of rotatable bonds is 1. The van der Waals surface area contributed by atoms with Gasteiger partial charge in [0.2, 0.25) is 0 Å². The molecule has 1 heteroatoms. The molecular weight excluding hydrogens is 122 g/mol. The Balaban J connectivity index is 2.44. The molecule has 1 fully saturated rings. The molecule has 10 heavy (non-hydrogen) atoms. The van der Waals surface area contributed by atoms with Crippen LogP contribution < -0.4 is 0 Å². The Hall–Kier alpha value is -0.510. The fraction of sp³-hybridized carbons (Fsp3) is 0.778. The van der Waals surface area contributed by atoms with Gasteiger partial charge in [-0.05, 0) is 25.2 Å². The topological polar surface area (TPSA) is 23.8 Å². The zero-order valence-corrected chi connectivity index (χ0v) is 6.51. The lowest BCUT2D eigenvalue weighted by molar-refractivity contribution is 0.326. The highest BCUT2D eigenvalue weighted by atomic mass is 14.3. The standard InChI is InChI=1S/C9H14N/c1-2-8-5-3-4-6-9(8)7-10/h2,8-9H,3-6H2,1H3. The quantitative estimate of drug-likeness (QED) is 0.543. The van der Waals surface area contributed by atoms with Gasteiger partial charge >= 0.3 is 0 Å². The van der Waals surface area contributed by atoms with Crippen molar-refractivity contribution in [3.63, 3.8) is 0 Å². The van der Waals surface area contributed by atoms with Crippen molar-refractivity contribution in [3.8, 4) is 6.07 Å². The summed E-state index contributed by atoms with van der Waals surface area (Å²) in [6, 6.07) is 2.37. The van der Waals surface area contributed by atoms with E-state index in [-0.39, 0.29) is 0 Å². The van der Waals surface area contributed by atoms with Crippen LogP contribution in [-0.4, -0.2) is 0 Å². The van der Waals surface area contributed by atoms with E-state index < -0.39 is 0 Å². The lowest BCUT2D eigenvalue weighted by atomic mass is 9.79. The summed E-state index contributed by atoms with van der Waals surface area (Å²) in [5.74, 6) is 0.900. The fourth-order valence-corrected chi connectivity index (χ4v) is 1.72. The molecule has 1 nitrogen and oxygen atoms in total. The zero-order chi connectivity index (χ0) is 7.40. The molecule has 0 aromatic rings. The molecule has 0 saturated heterocycles. The Morgan fingerprint density at radius 3 is 2.60 bits per heavy atom. The fourth-order valence-electron chi connectivity index (χ4n) is 1.72. The number of hydrogen-bond acceptors (Lipinski definition) is 1. The highest BCUT2D eigenvalue weighted by Crippen LogP contribution is 2.30. The largest absolute Gasteiger partial charge is 0.198 e. The van der Waals surface area contributed by atoms with Gasteiger partial charge in [-0.15, -0.1) is 0 Å². The highest BCUT2D eigenvalue weighted by molar-refractivity contribution is 4.94. The highest BCUT2D eigenvalue weighted by Gasteiger charge is 2.22. The first kappa shape index (κ1) is 7.60. The molecule has 0 aliphatic heterocycles. The van der Waals surface area contributed by atoms with Gasteiger partial charge < -0.3 is 0 Å². The molecule has 0 spiro atoms. The van der Waals surface area contributed by atoms with Gasteiger partial charge in [0, 0.05) is 5.92 Å². The Labute approximate surface area is 63.0 Å². The van der Waals surface area contributed by atoms with Crippen molar-refractivity contribution < 1.29 is 0 Å². The van der Waals surface area contributed by atoms with Crippen LogP contribution >= 0.6 is 0 Å². The molecule has 1 aliphatic carbocycles. The normalized spacial score (nSPS) is 33.2. The van der Waals surface area contributed by atoms with E-state index in [1.165, 1.54) is 19.3 Å². The minimum atomic E-state index is 0.318. The van der Waals surface area contributed by atoms with E-state index in [1.807, 2.05) is 0 Å². The molecule has 0 heterocycles. The maximum atomic E-state index is 8.72. The van der Waals surface area contributed by atoms with E-state index in [9.17, 15) is 0 Å². The molecule has 1 aliphatic rings. The predicted octanol–water partition coefficient (Wildman–Crippen LogP) is 2.54. The second-order valence-electron chi connectivity index (χ2n) is 3.02. The summed E-state index contributed by atoms with van der Waals surface area (Å²) in [5.41, 5.74) is 0. The van der Waals surface area contributed by atoms with Crippen LogP contribution in [0.4, 0.5) is 0 Å². The van der Waals surface area contributed by atoms with E-state index in [4.69, 9.17) is 5.26 Å². The average Bonchev–Trinajstić information content (AvgIpc) is 2.04. The summed E-state index contributed by atoms with van der Waals surface area (Å²) >= 11 is 0. The Kier molecular flexibility index (Phi) is 2.74. The summed E-state index contributed by atoms with van der Waals surface area (Å²) in [6.07, 6.45) is 7.10. The molecule has 0 aromatic heterocycles.